The molecule has 0 aliphatic carbocycles. The minimum atomic E-state index is -0.401. The van der Waals surface area contributed by atoms with Crippen molar-refractivity contribution in [2.45, 2.75) is 6.92 Å². The Morgan fingerprint density at radius 1 is 1.57 bits per heavy atom. The van der Waals surface area contributed by atoms with Crippen LogP contribution in [-0.4, -0.2) is 19.8 Å². The molecule has 0 saturated carbocycles. The van der Waals surface area contributed by atoms with Crippen LogP contribution in [0.15, 0.2) is 24.5 Å². The number of pyridine rings is 1. The number of methoxy groups -OCH3 is 1. The van der Waals surface area contributed by atoms with Crippen molar-refractivity contribution < 1.29 is 31.2 Å². The molecule has 0 atom stereocenters. The molecule has 0 spiro atoms. The summed E-state index contributed by atoms with van der Waals surface area (Å²) >= 11 is 0. The minimum absolute atomic E-state index is 0. The average Bonchev–Trinajstić information content (AvgIpc) is 2.18. The van der Waals surface area contributed by atoms with Crippen LogP contribution in [0.25, 0.3) is 0 Å². The van der Waals surface area contributed by atoms with Crippen molar-refractivity contribution in [1.29, 1.82) is 0 Å². The van der Waals surface area contributed by atoms with Gasteiger partial charge in [-0.2, -0.15) is 4.79 Å². The number of aromatic nitrogens is 1. The zero-order valence-corrected chi connectivity index (χ0v) is 8.82. The van der Waals surface area contributed by atoms with Crippen molar-refractivity contribution in [3.05, 3.63) is 24.5 Å². The molecule has 0 radical (unpaired) electrons. The molecule has 0 amide bonds. The van der Waals surface area contributed by atoms with Gasteiger partial charge in [0.05, 0.1) is 13.7 Å². The molecule has 1 rings (SSSR count). The van der Waals surface area contributed by atoms with Gasteiger partial charge in [0.1, 0.15) is 0 Å². The molecular weight excluding hydrogens is 206 g/mol. The van der Waals surface area contributed by atoms with E-state index in [4.69, 9.17) is 9.47 Å². The number of nitrogens with zero attached hydrogens (tertiary/aromatic N) is 1. The number of rotatable bonds is 2. The van der Waals surface area contributed by atoms with E-state index in [-0.39, 0.29) is 12.4 Å². The molecule has 4 nitrogen and oxygen atoms in total. The van der Waals surface area contributed by atoms with E-state index in [2.05, 4.69) is 0 Å². The van der Waals surface area contributed by atoms with Gasteiger partial charge in [-0.1, -0.05) is 4.57 Å². The molecule has 0 saturated heterocycles. The third-order valence-electron chi connectivity index (χ3n) is 1.49. The molecule has 5 heteroatoms. The van der Waals surface area contributed by atoms with Gasteiger partial charge in [0.15, 0.2) is 11.9 Å². The Kier molecular flexibility index (Phi) is 5.64. The molecule has 1 aromatic rings. The molecule has 1 heterocycles. The van der Waals surface area contributed by atoms with E-state index >= 15 is 0 Å². The van der Waals surface area contributed by atoms with Crippen LogP contribution >= 0.6 is 0 Å². The standard InChI is InChI=1S/C9H12NO3.ClH/c1-3-13-9(11)10-6-4-5-8(7-10)12-2;/h4-7H,3H2,1-2H3;1H/q+1;/p-1. The number of ether oxygens (including phenoxy) is 2. The van der Waals surface area contributed by atoms with E-state index in [0.29, 0.717) is 12.4 Å². The second kappa shape index (κ2) is 6.21. The van der Waals surface area contributed by atoms with Gasteiger partial charge >= 0.3 is 6.09 Å². The van der Waals surface area contributed by atoms with Gasteiger partial charge in [-0.3, -0.25) is 0 Å². The summed E-state index contributed by atoms with van der Waals surface area (Å²) in [5.41, 5.74) is 0. The van der Waals surface area contributed by atoms with Crippen molar-refractivity contribution in [3.8, 4) is 5.75 Å². The average molecular weight is 218 g/mol. The normalized spacial score (nSPS) is 8.71. The molecule has 0 aliphatic heterocycles. The summed E-state index contributed by atoms with van der Waals surface area (Å²) in [5, 5.41) is 0. The van der Waals surface area contributed by atoms with E-state index in [1.54, 1.807) is 38.6 Å². The summed E-state index contributed by atoms with van der Waals surface area (Å²) in [6.45, 7) is 2.13. The zero-order valence-electron chi connectivity index (χ0n) is 8.07. The zero-order chi connectivity index (χ0) is 9.68. The first-order valence-corrected chi connectivity index (χ1v) is 4.00. The Balaban J connectivity index is 0.00000169. The molecule has 0 bridgehead atoms. The highest BCUT2D eigenvalue weighted by Gasteiger charge is 2.15. The maximum Gasteiger partial charge on any atom is 0.602 e. The Morgan fingerprint density at radius 2 is 2.29 bits per heavy atom. The van der Waals surface area contributed by atoms with Crippen LogP contribution in [-0.2, 0) is 4.74 Å². The van der Waals surface area contributed by atoms with Gasteiger partial charge in [0.2, 0.25) is 6.20 Å². The summed E-state index contributed by atoms with van der Waals surface area (Å²) in [6, 6.07) is 3.48. The van der Waals surface area contributed by atoms with E-state index < -0.39 is 6.09 Å². The Labute approximate surface area is 88.9 Å². The highest BCUT2D eigenvalue weighted by Crippen LogP contribution is 2.02. The molecule has 0 fully saturated rings. The molecule has 0 aliphatic rings. The Bertz CT molecular complexity index is 304. The Morgan fingerprint density at radius 3 is 2.86 bits per heavy atom. The van der Waals surface area contributed by atoms with Crippen LogP contribution in [0.3, 0.4) is 0 Å². The van der Waals surface area contributed by atoms with Crippen LogP contribution < -0.4 is 21.7 Å². The van der Waals surface area contributed by atoms with Gasteiger partial charge in [-0.05, 0) is 13.0 Å². The molecule has 0 N–H and O–H groups in total. The van der Waals surface area contributed by atoms with Gasteiger partial charge in [-0.15, -0.1) is 0 Å². The molecule has 0 aromatic carbocycles. The second-order valence-corrected chi connectivity index (χ2v) is 2.35. The van der Waals surface area contributed by atoms with Crippen molar-refractivity contribution >= 4 is 6.09 Å². The van der Waals surface area contributed by atoms with E-state index in [0.717, 1.165) is 0 Å². The predicted octanol–water partition coefficient (Wildman–Crippen LogP) is -2.01. The summed E-state index contributed by atoms with van der Waals surface area (Å²) in [7, 11) is 1.55. The van der Waals surface area contributed by atoms with E-state index in [1.807, 2.05) is 0 Å². The fourth-order valence-electron chi connectivity index (χ4n) is 0.886. The predicted molar refractivity (Wildman–Crippen MR) is 45.6 cm³/mol. The lowest BCUT2D eigenvalue weighted by Gasteiger charge is -1.97. The molecule has 1 aromatic heterocycles. The van der Waals surface area contributed by atoms with Gasteiger partial charge in [0, 0.05) is 6.07 Å². The minimum Gasteiger partial charge on any atom is -1.00 e. The SMILES string of the molecule is CCOC(=O)[n+]1cccc(OC)c1.[Cl-]. The third kappa shape index (κ3) is 3.22. The fourth-order valence-corrected chi connectivity index (χ4v) is 0.886. The quantitative estimate of drug-likeness (QED) is 0.538. The summed E-state index contributed by atoms with van der Waals surface area (Å²) < 4.78 is 11.1. The van der Waals surface area contributed by atoms with Crippen LogP contribution in [0.2, 0.25) is 0 Å². The number of carbonyl (C=O) groups excluding carboxylic acids is 1. The highest BCUT2D eigenvalue weighted by molar-refractivity contribution is 5.56. The lowest BCUT2D eigenvalue weighted by atomic mass is 10.4. The molecule has 14 heavy (non-hydrogen) atoms. The molecule has 78 valence electrons. The van der Waals surface area contributed by atoms with Crippen LogP contribution in [0.4, 0.5) is 4.79 Å². The number of carbonyl (C=O) groups is 1. The summed E-state index contributed by atoms with van der Waals surface area (Å²) in [5.74, 6) is 0.621. The fraction of sp³-hybridized carbons (Fsp3) is 0.333. The first kappa shape index (κ1) is 12.7. The first-order valence-electron chi connectivity index (χ1n) is 4.00. The molecular formula is C9H12ClNO3. The highest BCUT2D eigenvalue weighted by atomic mass is 35.5. The van der Waals surface area contributed by atoms with Crippen molar-refractivity contribution in [3.63, 3.8) is 0 Å². The monoisotopic (exact) mass is 217 g/mol. The van der Waals surface area contributed by atoms with Crippen LogP contribution in [0.5, 0.6) is 5.75 Å². The lowest BCUT2D eigenvalue weighted by molar-refractivity contribution is -0.586. The van der Waals surface area contributed by atoms with Crippen molar-refractivity contribution in [1.82, 2.24) is 0 Å². The largest absolute Gasteiger partial charge is 1.00 e. The van der Waals surface area contributed by atoms with Crippen LogP contribution in [0, 0.1) is 0 Å². The van der Waals surface area contributed by atoms with E-state index in [1.165, 1.54) is 4.57 Å². The maximum absolute atomic E-state index is 11.2. The van der Waals surface area contributed by atoms with E-state index in [9.17, 15) is 4.79 Å². The molecule has 0 unspecified atom stereocenters. The van der Waals surface area contributed by atoms with Crippen LogP contribution in [0.1, 0.15) is 6.92 Å². The summed E-state index contributed by atoms with van der Waals surface area (Å²) in [6.07, 6.45) is 2.78. The summed E-state index contributed by atoms with van der Waals surface area (Å²) in [4.78, 5) is 11.2. The van der Waals surface area contributed by atoms with Gasteiger partial charge < -0.3 is 21.9 Å². The number of halogens is 1. The van der Waals surface area contributed by atoms with Crippen molar-refractivity contribution in [2.75, 3.05) is 13.7 Å². The first-order chi connectivity index (χ1) is 6.27. The smallest absolute Gasteiger partial charge is 0.602 e. The third-order valence-corrected chi connectivity index (χ3v) is 1.49. The number of hydrogen-bond donors (Lipinski definition) is 0. The topological polar surface area (TPSA) is 39.4 Å². The lowest BCUT2D eigenvalue weighted by Crippen LogP contribution is -3.00. The second-order valence-electron chi connectivity index (χ2n) is 2.35. The Hall–Kier alpha value is -1.29. The maximum atomic E-state index is 11.2. The van der Waals surface area contributed by atoms with Gasteiger partial charge in [-0.25, -0.2) is 0 Å². The van der Waals surface area contributed by atoms with Gasteiger partial charge in [0.25, 0.3) is 0 Å². The van der Waals surface area contributed by atoms with Crippen molar-refractivity contribution in [2.24, 2.45) is 0 Å². The number of hydrogen-bond acceptors (Lipinski definition) is 3.